The summed E-state index contributed by atoms with van der Waals surface area (Å²) in [5.74, 6) is 0.318. The van der Waals surface area contributed by atoms with Gasteiger partial charge in [-0.3, -0.25) is 0 Å². The van der Waals surface area contributed by atoms with Gasteiger partial charge in [-0.05, 0) is 39.7 Å². The molecule has 0 aliphatic carbocycles. The van der Waals surface area contributed by atoms with E-state index in [0.717, 1.165) is 5.56 Å². The maximum Gasteiger partial charge on any atom is 0.341 e. The number of carbonyl (C=O) groups is 1. The van der Waals surface area contributed by atoms with Crippen molar-refractivity contribution in [3.63, 3.8) is 0 Å². The zero-order valence-electron chi connectivity index (χ0n) is 10.7. The van der Waals surface area contributed by atoms with E-state index in [4.69, 9.17) is 19.3 Å². The molecule has 1 aliphatic heterocycles. The summed E-state index contributed by atoms with van der Waals surface area (Å²) in [5, 5.41) is 9.14. The van der Waals surface area contributed by atoms with Crippen LogP contribution in [0.4, 0.5) is 0 Å². The van der Waals surface area contributed by atoms with E-state index in [1.165, 1.54) is 12.3 Å². The van der Waals surface area contributed by atoms with Gasteiger partial charge in [0.05, 0.1) is 0 Å². The average Bonchev–Trinajstić information content (AvgIpc) is 2.93. The highest BCUT2D eigenvalue weighted by atomic mass is 79.9. The first kappa shape index (κ1) is 13.7. The van der Waals surface area contributed by atoms with Crippen LogP contribution >= 0.6 is 15.9 Å². The van der Waals surface area contributed by atoms with Crippen molar-refractivity contribution in [1.29, 1.82) is 0 Å². The maximum atomic E-state index is 11.2. The predicted octanol–water partition coefficient (Wildman–Crippen LogP) is 2.85. The Bertz CT molecular complexity index is 704. The van der Waals surface area contributed by atoms with Gasteiger partial charge < -0.3 is 19.3 Å². The Morgan fingerprint density at radius 1 is 1.33 bits per heavy atom. The molecular weight excluding hydrogens is 342 g/mol. The third kappa shape index (κ3) is 2.92. The first-order valence-corrected chi connectivity index (χ1v) is 6.83. The Morgan fingerprint density at radius 2 is 2.14 bits per heavy atom. The molecule has 0 amide bonds. The van der Waals surface area contributed by atoms with Gasteiger partial charge in [0.1, 0.15) is 12.2 Å². The number of hydrogen-bond acceptors (Lipinski definition) is 5. The Labute approximate surface area is 128 Å². The summed E-state index contributed by atoms with van der Waals surface area (Å²) in [4.78, 5) is 15.1. The molecule has 0 unspecified atom stereocenters. The average molecular weight is 352 g/mol. The van der Waals surface area contributed by atoms with Gasteiger partial charge in [0.2, 0.25) is 12.7 Å². The van der Waals surface area contributed by atoms with Crippen molar-refractivity contribution in [2.45, 2.75) is 6.61 Å². The normalized spacial score (nSPS) is 12.2. The minimum atomic E-state index is -1.09. The zero-order chi connectivity index (χ0) is 14.8. The van der Waals surface area contributed by atoms with Crippen molar-refractivity contribution in [2.75, 3.05) is 6.79 Å². The molecule has 2 heterocycles. The fourth-order valence-electron chi connectivity index (χ4n) is 1.88. The first-order valence-electron chi connectivity index (χ1n) is 6.03. The number of nitrogens with zero attached hydrogens (tertiary/aromatic N) is 1. The molecule has 1 aliphatic rings. The molecule has 0 atom stereocenters. The van der Waals surface area contributed by atoms with Crippen LogP contribution in [0.25, 0.3) is 0 Å². The molecule has 21 heavy (non-hydrogen) atoms. The molecule has 0 bridgehead atoms. The molecule has 0 radical (unpaired) electrons. The van der Waals surface area contributed by atoms with Crippen LogP contribution < -0.4 is 14.2 Å². The zero-order valence-corrected chi connectivity index (χ0v) is 12.3. The number of carboxylic acids is 1. The van der Waals surface area contributed by atoms with E-state index in [0.29, 0.717) is 16.0 Å². The number of aromatic nitrogens is 1. The lowest BCUT2D eigenvalue weighted by Crippen LogP contribution is -2.05. The first-order chi connectivity index (χ1) is 10.1. The van der Waals surface area contributed by atoms with Gasteiger partial charge in [-0.1, -0.05) is 6.07 Å². The molecule has 7 heteroatoms. The van der Waals surface area contributed by atoms with Gasteiger partial charge in [0.15, 0.2) is 11.5 Å². The van der Waals surface area contributed by atoms with Gasteiger partial charge in [-0.15, -0.1) is 0 Å². The lowest BCUT2D eigenvalue weighted by Gasteiger charge is -2.08. The highest BCUT2D eigenvalue weighted by molar-refractivity contribution is 9.10. The van der Waals surface area contributed by atoms with E-state index in [-0.39, 0.29) is 24.8 Å². The number of aromatic carboxylic acids is 1. The lowest BCUT2D eigenvalue weighted by atomic mass is 10.2. The van der Waals surface area contributed by atoms with E-state index >= 15 is 0 Å². The molecule has 1 N–H and O–H groups in total. The van der Waals surface area contributed by atoms with Crippen LogP contribution in [-0.2, 0) is 6.61 Å². The van der Waals surface area contributed by atoms with Crippen molar-refractivity contribution in [2.24, 2.45) is 0 Å². The quantitative estimate of drug-likeness (QED) is 0.912. The summed E-state index contributed by atoms with van der Waals surface area (Å²) >= 11 is 3.18. The SMILES string of the molecule is O=C(O)c1cc(Br)cnc1OCc1ccc2c(c1)OCO2. The Kier molecular flexibility index (Phi) is 3.66. The minimum absolute atomic E-state index is 0.00474. The van der Waals surface area contributed by atoms with E-state index in [1.54, 1.807) is 12.1 Å². The molecule has 0 saturated carbocycles. The Balaban J connectivity index is 1.77. The van der Waals surface area contributed by atoms with Gasteiger partial charge in [0.25, 0.3) is 0 Å². The molecular formula is C14H10BrNO5. The monoisotopic (exact) mass is 351 g/mol. The van der Waals surface area contributed by atoms with Crippen LogP contribution in [0.15, 0.2) is 34.9 Å². The second-order valence-electron chi connectivity index (χ2n) is 4.29. The summed E-state index contributed by atoms with van der Waals surface area (Å²) < 4.78 is 16.6. The fourth-order valence-corrected chi connectivity index (χ4v) is 2.21. The van der Waals surface area contributed by atoms with Gasteiger partial charge in [-0.25, -0.2) is 9.78 Å². The highest BCUT2D eigenvalue weighted by Crippen LogP contribution is 2.32. The second-order valence-corrected chi connectivity index (χ2v) is 5.20. The Morgan fingerprint density at radius 3 is 2.95 bits per heavy atom. The molecule has 1 aromatic heterocycles. The number of benzene rings is 1. The molecule has 6 nitrogen and oxygen atoms in total. The van der Waals surface area contributed by atoms with Gasteiger partial charge in [-0.2, -0.15) is 0 Å². The number of halogens is 1. The Hall–Kier alpha value is -2.28. The summed E-state index contributed by atoms with van der Waals surface area (Å²) in [7, 11) is 0. The van der Waals surface area contributed by atoms with Gasteiger partial charge in [0, 0.05) is 10.7 Å². The summed E-state index contributed by atoms with van der Waals surface area (Å²) in [6, 6.07) is 6.85. The minimum Gasteiger partial charge on any atom is -0.477 e. The summed E-state index contributed by atoms with van der Waals surface area (Å²) in [5.41, 5.74) is 0.838. The van der Waals surface area contributed by atoms with Crippen molar-refractivity contribution in [3.05, 3.63) is 46.1 Å². The standard InChI is InChI=1S/C14H10BrNO5/c15-9-4-10(14(17)18)13(16-5-9)19-6-8-1-2-11-12(3-8)21-7-20-11/h1-5H,6-7H2,(H,17,18). The molecule has 0 saturated heterocycles. The van der Waals surface area contributed by atoms with Crippen LogP contribution in [0.3, 0.4) is 0 Å². The highest BCUT2D eigenvalue weighted by Gasteiger charge is 2.16. The largest absolute Gasteiger partial charge is 0.477 e. The van der Waals surface area contributed by atoms with E-state index < -0.39 is 5.97 Å². The number of carboxylic acid groups (broad SMARTS) is 1. The van der Waals surface area contributed by atoms with Crippen molar-refractivity contribution in [1.82, 2.24) is 4.98 Å². The van der Waals surface area contributed by atoms with E-state index in [1.807, 2.05) is 6.07 Å². The number of ether oxygens (including phenoxy) is 3. The molecule has 0 fully saturated rings. The predicted molar refractivity (Wildman–Crippen MR) is 75.8 cm³/mol. The fraction of sp³-hybridized carbons (Fsp3) is 0.143. The van der Waals surface area contributed by atoms with Crippen molar-refractivity contribution >= 4 is 21.9 Å². The molecule has 1 aromatic carbocycles. The summed E-state index contributed by atoms with van der Waals surface area (Å²) in [6.07, 6.45) is 1.49. The number of rotatable bonds is 4. The van der Waals surface area contributed by atoms with E-state index in [2.05, 4.69) is 20.9 Å². The summed E-state index contributed by atoms with van der Waals surface area (Å²) in [6.45, 7) is 0.391. The third-order valence-corrected chi connectivity index (χ3v) is 3.29. The number of hydrogen-bond donors (Lipinski definition) is 1. The number of fused-ring (bicyclic) bond motifs is 1. The molecule has 0 spiro atoms. The van der Waals surface area contributed by atoms with Crippen LogP contribution in [0, 0.1) is 0 Å². The van der Waals surface area contributed by atoms with E-state index in [9.17, 15) is 4.79 Å². The maximum absolute atomic E-state index is 11.2. The van der Waals surface area contributed by atoms with Crippen molar-refractivity contribution < 1.29 is 24.1 Å². The van der Waals surface area contributed by atoms with Crippen LogP contribution in [0.1, 0.15) is 15.9 Å². The molecule has 2 aromatic rings. The molecule has 3 rings (SSSR count). The van der Waals surface area contributed by atoms with Crippen molar-refractivity contribution in [3.8, 4) is 17.4 Å². The van der Waals surface area contributed by atoms with Crippen LogP contribution in [0.2, 0.25) is 0 Å². The second kappa shape index (κ2) is 5.61. The van der Waals surface area contributed by atoms with Gasteiger partial charge >= 0.3 is 5.97 Å². The smallest absolute Gasteiger partial charge is 0.341 e. The number of pyridine rings is 1. The lowest BCUT2D eigenvalue weighted by molar-refractivity contribution is 0.0690. The van der Waals surface area contributed by atoms with Crippen LogP contribution in [0.5, 0.6) is 17.4 Å². The molecule has 108 valence electrons. The van der Waals surface area contributed by atoms with Crippen LogP contribution in [-0.4, -0.2) is 22.9 Å². The topological polar surface area (TPSA) is 77.9 Å². The third-order valence-electron chi connectivity index (χ3n) is 2.86.